The first-order valence-electron chi connectivity index (χ1n) is 10.4. The molecule has 0 amide bonds. The van der Waals surface area contributed by atoms with E-state index in [2.05, 4.69) is 32.4 Å². The van der Waals surface area contributed by atoms with E-state index in [4.69, 9.17) is 0 Å². The summed E-state index contributed by atoms with van der Waals surface area (Å²) in [5.74, 6) is 1.76. The molecule has 4 aromatic rings. The average Bonchev–Trinajstić information content (AvgIpc) is 2.84. The molecule has 0 bridgehead atoms. The van der Waals surface area contributed by atoms with Crippen molar-refractivity contribution in [1.29, 1.82) is 0 Å². The number of aromatic nitrogens is 3. The Morgan fingerprint density at radius 3 is 2.27 bits per heavy atom. The second-order valence-electron chi connectivity index (χ2n) is 7.42. The van der Waals surface area contributed by atoms with Crippen molar-refractivity contribution in [2.75, 3.05) is 23.8 Å². The van der Waals surface area contributed by atoms with Crippen LogP contribution >= 0.6 is 0 Å². The lowest BCUT2D eigenvalue weighted by Crippen LogP contribution is -2.15. The lowest BCUT2D eigenvalue weighted by Gasteiger charge is -2.18. The summed E-state index contributed by atoms with van der Waals surface area (Å²) in [6.07, 6.45) is -1.85. The summed E-state index contributed by atoms with van der Waals surface area (Å²) < 4.78 is 38.5. The largest absolute Gasteiger partial charge is 0.416 e. The van der Waals surface area contributed by atoms with Crippen LogP contribution in [0.1, 0.15) is 11.1 Å². The molecule has 0 saturated carbocycles. The molecule has 0 atom stereocenters. The van der Waals surface area contributed by atoms with E-state index in [9.17, 15) is 13.2 Å². The van der Waals surface area contributed by atoms with Crippen molar-refractivity contribution >= 4 is 17.6 Å². The summed E-state index contributed by atoms with van der Waals surface area (Å²) in [5.41, 5.74) is 1.71. The van der Waals surface area contributed by atoms with E-state index < -0.39 is 11.7 Å². The molecule has 0 unspecified atom stereocenters. The summed E-state index contributed by atoms with van der Waals surface area (Å²) in [5, 5.41) is 3.23. The fourth-order valence-corrected chi connectivity index (χ4v) is 3.30. The molecule has 5 nitrogen and oxygen atoms in total. The van der Waals surface area contributed by atoms with Crippen LogP contribution in [0.2, 0.25) is 0 Å². The van der Waals surface area contributed by atoms with Gasteiger partial charge in [0.05, 0.1) is 11.3 Å². The Labute approximate surface area is 190 Å². The molecule has 0 aliphatic rings. The van der Waals surface area contributed by atoms with Gasteiger partial charge in [-0.1, -0.05) is 48.5 Å². The van der Waals surface area contributed by atoms with E-state index in [-0.39, 0.29) is 0 Å². The third kappa shape index (κ3) is 5.65. The van der Waals surface area contributed by atoms with Gasteiger partial charge >= 0.3 is 6.18 Å². The SMILES string of the molecule is CN(c1cccc(-c2ccc(C(F)(F)F)cc2)n1)c1ccnc(NCCc2ccccc2)n1. The predicted molar refractivity (Wildman–Crippen MR) is 123 cm³/mol. The highest BCUT2D eigenvalue weighted by Gasteiger charge is 2.30. The number of hydrogen-bond acceptors (Lipinski definition) is 5. The molecule has 33 heavy (non-hydrogen) atoms. The highest BCUT2D eigenvalue weighted by molar-refractivity contribution is 5.64. The van der Waals surface area contributed by atoms with E-state index in [1.165, 1.54) is 17.7 Å². The quantitative estimate of drug-likeness (QED) is 0.376. The van der Waals surface area contributed by atoms with E-state index in [0.717, 1.165) is 18.6 Å². The fourth-order valence-electron chi connectivity index (χ4n) is 3.30. The Balaban J connectivity index is 1.47. The first-order chi connectivity index (χ1) is 15.9. The topological polar surface area (TPSA) is 53.9 Å². The molecule has 168 valence electrons. The molecule has 2 aromatic carbocycles. The summed E-state index contributed by atoms with van der Waals surface area (Å²) in [7, 11) is 1.83. The smallest absolute Gasteiger partial charge is 0.354 e. The number of nitrogens with one attached hydrogen (secondary N) is 1. The zero-order chi connectivity index (χ0) is 23.3. The van der Waals surface area contributed by atoms with Crippen LogP contribution in [0.15, 0.2) is 85.1 Å². The Bertz CT molecular complexity index is 1190. The second-order valence-corrected chi connectivity index (χ2v) is 7.42. The van der Waals surface area contributed by atoms with E-state index in [0.29, 0.717) is 35.4 Å². The van der Waals surface area contributed by atoms with Gasteiger partial charge in [-0.2, -0.15) is 18.2 Å². The highest BCUT2D eigenvalue weighted by atomic mass is 19.4. The zero-order valence-electron chi connectivity index (χ0n) is 17.9. The molecule has 8 heteroatoms. The normalized spacial score (nSPS) is 11.3. The van der Waals surface area contributed by atoms with E-state index in [1.807, 2.05) is 37.4 Å². The summed E-state index contributed by atoms with van der Waals surface area (Å²) in [4.78, 5) is 15.2. The van der Waals surface area contributed by atoms with Crippen LogP contribution in [0, 0.1) is 0 Å². The minimum absolute atomic E-state index is 0.508. The standard InChI is InChI=1S/C25H22F3N5/c1-33(23-15-17-30-24(32-23)29-16-14-18-6-3-2-4-7-18)22-9-5-8-21(31-22)19-10-12-20(13-11-19)25(26,27)28/h2-13,15,17H,14,16H2,1H3,(H,29,30,32). The van der Waals surface area contributed by atoms with Gasteiger partial charge in [-0.05, 0) is 42.3 Å². The van der Waals surface area contributed by atoms with Crippen LogP contribution in [0.25, 0.3) is 11.3 Å². The zero-order valence-corrected chi connectivity index (χ0v) is 17.9. The minimum Gasteiger partial charge on any atom is -0.354 e. The molecule has 0 aliphatic heterocycles. The number of alkyl halides is 3. The van der Waals surface area contributed by atoms with Crippen LogP contribution in [-0.4, -0.2) is 28.5 Å². The van der Waals surface area contributed by atoms with Crippen molar-refractivity contribution in [3.63, 3.8) is 0 Å². The van der Waals surface area contributed by atoms with Crippen molar-refractivity contribution in [3.8, 4) is 11.3 Å². The molecule has 4 rings (SSSR count). The maximum absolute atomic E-state index is 12.8. The van der Waals surface area contributed by atoms with Gasteiger partial charge < -0.3 is 10.2 Å². The van der Waals surface area contributed by atoms with Crippen molar-refractivity contribution in [3.05, 3.63) is 96.2 Å². The minimum atomic E-state index is -4.37. The maximum Gasteiger partial charge on any atom is 0.416 e. The van der Waals surface area contributed by atoms with Crippen LogP contribution in [0.3, 0.4) is 0 Å². The number of hydrogen-bond donors (Lipinski definition) is 1. The Hall–Kier alpha value is -3.94. The lowest BCUT2D eigenvalue weighted by atomic mass is 10.1. The molecule has 0 fully saturated rings. The molecular formula is C25H22F3N5. The lowest BCUT2D eigenvalue weighted by molar-refractivity contribution is -0.137. The van der Waals surface area contributed by atoms with Gasteiger partial charge in [-0.15, -0.1) is 0 Å². The van der Waals surface area contributed by atoms with E-state index in [1.54, 1.807) is 23.2 Å². The van der Waals surface area contributed by atoms with Gasteiger partial charge in [0.15, 0.2) is 0 Å². The van der Waals surface area contributed by atoms with Crippen LogP contribution in [0.5, 0.6) is 0 Å². The highest BCUT2D eigenvalue weighted by Crippen LogP contribution is 2.31. The van der Waals surface area contributed by atoms with Crippen molar-refractivity contribution in [1.82, 2.24) is 15.0 Å². The molecule has 2 heterocycles. The Kier molecular flexibility index (Phi) is 6.53. The van der Waals surface area contributed by atoms with E-state index >= 15 is 0 Å². The van der Waals surface area contributed by atoms with Gasteiger partial charge in [0, 0.05) is 25.4 Å². The summed E-state index contributed by atoms with van der Waals surface area (Å²) in [6.45, 7) is 0.693. The average molecular weight is 449 g/mol. The van der Waals surface area contributed by atoms with Crippen molar-refractivity contribution in [2.45, 2.75) is 12.6 Å². The van der Waals surface area contributed by atoms with Crippen molar-refractivity contribution in [2.24, 2.45) is 0 Å². The molecule has 2 aromatic heterocycles. The molecule has 1 N–H and O–H groups in total. The molecule has 0 aliphatic carbocycles. The predicted octanol–water partition coefficient (Wildman–Crippen LogP) is 5.98. The maximum atomic E-state index is 12.8. The van der Waals surface area contributed by atoms with Gasteiger partial charge in [-0.3, -0.25) is 0 Å². The molecule has 0 radical (unpaired) electrons. The third-order valence-electron chi connectivity index (χ3n) is 5.11. The van der Waals surface area contributed by atoms with Crippen LogP contribution < -0.4 is 10.2 Å². The second kappa shape index (κ2) is 9.68. The first-order valence-corrected chi connectivity index (χ1v) is 10.4. The number of benzene rings is 2. The first kappa shape index (κ1) is 22.3. The van der Waals surface area contributed by atoms with Crippen LogP contribution in [-0.2, 0) is 12.6 Å². The summed E-state index contributed by atoms with van der Waals surface area (Å²) in [6, 6.07) is 22.3. The van der Waals surface area contributed by atoms with Gasteiger partial charge in [0.2, 0.25) is 5.95 Å². The number of halogens is 3. The van der Waals surface area contributed by atoms with Gasteiger partial charge in [0.1, 0.15) is 11.6 Å². The molecular weight excluding hydrogens is 427 g/mol. The number of rotatable bonds is 7. The summed E-state index contributed by atoms with van der Waals surface area (Å²) >= 11 is 0. The van der Waals surface area contributed by atoms with Crippen molar-refractivity contribution < 1.29 is 13.2 Å². The number of pyridine rings is 1. The monoisotopic (exact) mass is 449 g/mol. The van der Waals surface area contributed by atoms with Crippen LogP contribution in [0.4, 0.5) is 30.8 Å². The fraction of sp³-hybridized carbons (Fsp3) is 0.160. The van der Waals surface area contributed by atoms with Gasteiger partial charge in [0.25, 0.3) is 0 Å². The number of anilines is 3. The Morgan fingerprint density at radius 2 is 1.55 bits per heavy atom. The number of nitrogens with zero attached hydrogens (tertiary/aromatic N) is 4. The molecule has 0 saturated heterocycles. The molecule has 0 spiro atoms. The third-order valence-corrected chi connectivity index (χ3v) is 5.11. The van der Waals surface area contributed by atoms with Gasteiger partial charge in [-0.25, -0.2) is 9.97 Å². The Morgan fingerprint density at radius 1 is 0.818 bits per heavy atom.